The van der Waals surface area contributed by atoms with Crippen molar-refractivity contribution >= 4 is 23.4 Å². The molecule has 0 aliphatic carbocycles. The number of amides is 1. The number of benzene rings is 1. The second-order valence-electron chi connectivity index (χ2n) is 5.26. The van der Waals surface area contributed by atoms with E-state index in [9.17, 15) is 14.4 Å². The van der Waals surface area contributed by atoms with Gasteiger partial charge in [-0.2, -0.15) is 5.26 Å². The maximum absolute atomic E-state index is 12.4. The van der Waals surface area contributed by atoms with Gasteiger partial charge in [0, 0.05) is 23.4 Å². The van der Waals surface area contributed by atoms with E-state index in [2.05, 4.69) is 11.9 Å². The second kappa shape index (κ2) is 8.87. The van der Waals surface area contributed by atoms with Crippen molar-refractivity contribution in [3.8, 4) is 6.07 Å². The van der Waals surface area contributed by atoms with Crippen molar-refractivity contribution in [1.82, 2.24) is 9.13 Å². The molecule has 1 amide bonds. The summed E-state index contributed by atoms with van der Waals surface area (Å²) in [6, 6.07) is 8.98. The summed E-state index contributed by atoms with van der Waals surface area (Å²) >= 11 is 1.50. The van der Waals surface area contributed by atoms with E-state index < -0.39 is 23.7 Å². The Morgan fingerprint density at radius 1 is 1.38 bits per heavy atom. The molecule has 0 saturated carbocycles. The van der Waals surface area contributed by atoms with Crippen LogP contribution in [0.5, 0.6) is 0 Å². The van der Waals surface area contributed by atoms with Gasteiger partial charge < -0.3 is 5.32 Å². The van der Waals surface area contributed by atoms with Gasteiger partial charge in [-0.05, 0) is 19.1 Å². The Bertz CT molecular complexity index is 985. The molecule has 0 fully saturated rings. The molecule has 26 heavy (non-hydrogen) atoms. The minimum Gasteiger partial charge on any atom is -0.324 e. The SMILES string of the molecule is C=CCSc1ccccc1NC(=O)Cn1c(=O)c(C#N)cn(CC)c1=O. The third kappa shape index (κ3) is 4.32. The number of carbonyl (C=O) groups excluding carboxylic acids is 1. The number of rotatable bonds is 7. The van der Waals surface area contributed by atoms with Crippen LogP contribution in [0.15, 0.2) is 57.6 Å². The van der Waals surface area contributed by atoms with Gasteiger partial charge >= 0.3 is 5.69 Å². The molecule has 8 heteroatoms. The van der Waals surface area contributed by atoms with Gasteiger partial charge in [-0.1, -0.05) is 18.2 Å². The zero-order valence-electron chi connectivity index (χ0n) is 14.3. The van der Waals surface area contributed by atoms with E-state index in [0.29, 0.717) is 11.4 Å². The van der Waals surface area contributed by atoms with Crippen molar-refractivity contribution in [2.45, 2.75) is 24.9 Å². The van der Waals surface area contributed by atoms with Crippen LogP contribution in [0.25, 0.3) is 0 Å². The van der Waals surface area contributed by atoms with Crippen LogP contribution in [0.2, 0.25) is 0 Å². The molecule has 0 bridgehead atoms. The zero-order chi connectivity index (χ0) is 19.1. The highest BCUT2D eigenvalue weighted by Gasteiger charge is 2.14. The standard InChI is InChI=1S/C18H18N4O3S/c1-3-9-26-15-8-6-5-7-14(15)20-16(23)12-22-17(24)13(10-19)11-21(4-2)18(22)25/h3,5-8,11H,1,4,9,12H2,2H3,(H,20,23). The van der Waals surface area contributed by atoms with Crippen molar-refractivity contribution in [3.63, 3.8) is 0 Å². The molecule has 0 spiro atoms. The highest BCUT2D eigenvalue weighted by molar-refractivity contribution is 7.99. The van der Waals surface area contributed by atoms with Crippen LogP contribution in [-0.4, -0.2) is 20.8 Å². The van der Waals surface area contributed by atoms with Crippen LogP contribution < -0.4 is 16.6 Å². The fourth-order valence-corrected chi connectivity index (χ4v) is 3.02. The second-order valence-corrected chi connectivity index (χ2v) is 6.32. The highest BCUT2D eigenvalue weighted by atomic mass is 32.2. The van der Waals surface area contributed by atoms with E-state index in [1.165, 1.54) is 22.5 Å². The summed E-state index contributed by atoms with van der Waals surface area (Å²) in [5.74, 6) is 0.159. The first kappa shape index (κ1) is 19.3. The fraction of sp³-hybridized carbons (Fsp3) is 0.222. The van der Waals surface area contributed by atoms with Gasteiger partial charge in [0.05, 0.1) is 5.69 Å². The fourth-order valence-electron chi connectivity index (χ4n) is 2.27. The van der Waals surface area contributed by atoms with E-state index in [0.717, 1.165) is 9.46 Å². The van der Waals surface area contributed by atoms with Crippen molar-refractivity contribution in [3.05, 3.63) is 69.5 Å². The Labute approximate surface area is 154 Å². The number of thioether (sulfide) groups is 1. The van der Waals surface area contributed by atoms with Gasteiger partial charge in [-0.3, -0.25) is 14.2 Å². The number of anilines is 1. The molecule has 1 heterocycles. The van der Waals surface area contributed by atoms with E-state index in [4.69, 9.17) is 5.26 Å². The van der Waals surface area contributed by atoms with Crippen LogP contribution >= 0.6 is 11.8 Å². The third-order valence-corrected chi connectivity index (χ3v) is 4.59. The summed E-state index contributed by atoms with van der Waals surface area (Å²) < 4.78 is 2.00. The molecule has 1 N–H and O–H groups in total. The Morgan fingerprint density at radius 2 is 2.12 bits per heavy atom. The molecule has 0 saturated heterocycles. The number of para-hydroxylation sites is 1. The van der Waals surface area contributed by atoms with Gasteiger partial charge in [-0.15, -0.1) is 18.3 Å². The van der Waals surface area contributed by atoms with Crippen molar-refractivity contribution in [2.75, 3.05) is 11.1 Å². The first-order chi connectivity index (χ1) is 12.5. The third-order valence-electron chi connectivity index (χ3n) is 3.52. The number of carbonyl (C=O) groups is 1. The lowest BCUT2D eigenvalue weighted by Gasteiger charge is -2.12. The molecule has 0 aliphatic rings. The number of hydrogen-bond acceptors (Lipinski definition) is 5. The molecular weight excluding hydrogens is 352 g/mol. The minimum atomic E-state index is -0.772. The summed E-state index contributed by atoms with van der Waals surface area (Å²) in [5, 5.41) is 11.8. The number of nitrogens with zero attached hydrogens (tertiary/aromatic N) is 3. The van der Waals surface area contributed by atoms with Gasteiger partial charge in [0.2, 0.25) is 5.91 Å². The summed E-state index contributed by atoms with van der Waals surface area (Å²) in [5.41, 5.74) is -0.988. The molecule has 0 unspecified atom stereocenters. The molecule has 2 rings (SSSR count). The zero-order valence-corrected chi connectivity index (χ0v) is 15.1. The molecule has 0 atom stereocenters. The maximum Gasteiger partial charge on any atom is 0.331 e. The highest BCUT2D eigenvalue weighted by Crippen LogP contribution is 2.26. The van der Waals surface area contributed by atoms with Gasteiger partial charge in [-0.25, -0.2) is 9.36 Å². The van der Waals surface area contributed by atoms with Gasteiger partial charge in [0.15, 0.2) is 0 Å². The first-order valence-corrected chi connectivity index (χ1v) is 8.87. The van der Waals surface area contributed by atoms with Crippen molar-refractivity contribution in [2.24, 2.45) is 0 Å². The van der Waals surface area contributed by atoms with Gasteiger partial charge in [0.25, 0.3) is 5.56 Å². The van der Waals surface area contributed by atoms with E-state index >= 15 is 0 Å². The Morgan fingerprint density at radius 3 is 2.77 bits per heavy atom. The molecule has 0 aliphatic heterocycles. The summed E-state index contributed by atoms with van der Waals surface area (Å²) in [7, 11) is 0. The lowest BCUT2D eigenvalue weighted by atomic mass is 10.3. The van der Waals surface area contributed by atoms with Crippen molar-refractivity contribution < 1.29 is 4.79 Å². The quantitative estimate of drug-likeness (QED) is 0.592. The molecule has 0 radical (unpaired) electrons. The average Bonchev–Trinajstić information content (AvgIpc) is 2.64. The number of hydrogen-bond donors (Lipinski definition) is 1. The number of nitrogens with one attached hydrogen (secondary N) is 1. The summed E-state index contributed by atoms with van der Waals surface area (Å²) in [6.07, 6.45) is 2.96. The molecule has 7 nitrogen and oxygen atoms in total. The van der Waals surface area contributed by atoms with E-state index in [1.807, 2.05) is 12.1 Å². The van der Waals surface area contributed by atoms with Crippen LogP contribution in [0.1, 0.15) is 12.5 Å². The molecule has 134 valence electrons. The minimum absolute atomic E-state index is 0.179. The predicted octanol–water partition coefficient (Wildman–Crippen LogP) is 1.82. The lowest BCUT2D eigenvalue weighted by molar-refractivity contribution is -0.116. The molecular formula is C18H18N4O3S. The smallest absolute Gasteiger partial charge is 0.324 e. The first-order valence-electron chi connectivity index (χ1n) is 7.88. The number of nitriles is 1. The average molecular weight is 370 g/mol. The summed E-state index contributed by atoms with van der Waals surface area (Å²) in [4.78, 5) is 37.8. The van der Waals surface area contributed by atoms with E-state index in [-0.39, 0.29) is 12.1 Å². The molecule has 1 aromatic heterocycles. The van der Waals surface area contributed by atoms with E-state index in [1.54, 1.807) is 31.2 Å². The van der Waals surface area contributed by atoms with Crippen molar-refractivity contribution in [1.29, 1.82) is 5.26 Å². The number of aromatic nitrogens is 2. The molecule has 2 aromatic rings. The predicted molar refractivity (Wildman–Crippen MR) is 101 cm³/mol. The van der Waals surface area contributed by atoms with Crippen LogP contribution in [0, 0.1) is 11.3 Å². The topological polar surface area (TPSA) is 96.9 Å². The summed E-state index contributed by atoms with van der Waals surface area (Å²) in [6.45, 7) is 5.20. The Balaban J connectivity index is 2.30. The monoisotopic (exact) mass is 370 g/mol. The largest absolute Gasteiger partial charge is 0.331 e. The lowest BCUT2D eigenvalue weighted by Crippen LogP contribution is -2.43. The van der Waals surface area contributed by atoms with Crippen LogP contribution in [0.4, 0.5) is 5.69 Å². The van der Waals surface area contributed by atoms with Gasteiger partial charge in [0.1, 0.15) is 18.2 Å². The normalized spacial score (nSPS) is 10.2. The Hall–Kier alpha value is -3.05. The van der Waals surface area contributed by atoms with Crippen LogP contribution in [0.3, 0.4) is 0 Å². The Kier molecular flexibility index (Phi) is 6.58. The maximum atomic E-state index is 12.4. The van der Waals surface area contributed by atoms with Crippen LogP contribution in [-0.2, 0) is 17.9 Å². The number of aryl methyl sites for hydroxylation is 1. The molecule has 1 aromatic carbocycles.